The summed E-state index contributed by atoms with van der Waals surface area (Å²) in [7, 11) is 1.76. The molecule has 0 N–H and O–H groups in total. The lowest BCUT2D eigenvalue weighted by atomic mass is 9.99. The van der Waals surface area contributed by atoms with Gasteiger partial charge < -0.3 is 9.80 Å². The van der Waals surface area contributed by atoms with Crippen LogP contribution < -0.4 is 0 Å². The maximum Gasteiger partial charge on any atom is 0.272 e. The molecule has 2 aromatic rings. The summed E-state index contributed by atoms with van der Waals surface area (Å²) in [4.78, 5) is 37.2. The Morgan fingerprint density at radius 2 is 1.78 bits per heavy atom. The van der Waals surface area contributed by atoms with Crippen molar-refractivity contribution < 1.29 is 9.59 Å². The molecule has 0 saturated carbocycles. The van der Waals surface area contributed by atoms with Crippen molar-refractivity contribution in [2.24, 2.45) is 5.92 Å². The Morgan fingerprint density at radius 3 is 2.48 bits per heavy atom. The zero-order chi connectivity index (χ0) is 19.2. The van der Waals surface area contributed by atoms with Gasteiger partial charge in [0.15, 0.2) is 0 Å². The predicted molar refractivity (Wildman–Crippen MR) is 103 cm³/mol. The molecule has 3 rings (SSSR count). The normalized spacial score (nSPS) is 14.8. The number of carbonyl (C=O) groups excluding carboxylic acids is 2. The number of piperidine rings is 1. The molecule has 0 aromatic carbocycles. The number of pyridine rings is 2. The molecule has 6 heteroatoms. The minimum atomic E-state index is -0.175. The summed E-state index contributed by atoms with van der Waals surface area (Å²) in [6, 6.07) is 8.97. The Balaban J connectivity index is 1.63. The fourth-order valence-corrected chi connectivity index (χ4v) is 3.19. The first kappa shape index (κ1) is 19.0. The molecule has 2 aromatic heterocycles. The van der Waals surface area contributed by atoms with Gasteiger partial charge in [-0.1, -0.05) is 13.0 Å². The van der Waals surface area contributed by atoms with E-state index < -0.39 is 0 Å². The third-order valence-corrected chi connectivity index (χ3v) is 5.09. The lowest BCUT2D eigenvalue weighted by Gasteiger charge is -2.30. The van der Waals surface area contributed by atoms with Gasteiger partial charge in [0.25, 0.3) is 11.8 Å². The van der Waals surface area contributed by atoms with E-state index in [0.29, 0.717) is 23.9 Å². The third-order valence-electron chi connectivity index (χ3n) is 5.09. The van der Waals surface area contributed by atoms with E-state index in [4.69, 9.17) is 0 Å². The van der Waals surface area contributed by atoms with E-state index in [1.165, 1.54) is 0 Å². The zero-order valence-electron chi connectivity index (χ0n) is 16.0. The largest absolute Gasteiger partial charge is 0.340 e. The predicted octanol–water partition coefficient (Wildman–Crippen LogP) is 2.66. The van der Waals surface area contributed by atoms with Crippen LogP contribution in [0.5, 0.6) is 0 Å². The van der Waals surface area contributed by atoms with Gasteiger partial charge in [0.2, 0.25) is 0 Å². The molecule has 1 aliphatic heterocycles. The van der Waals surface area contributed by atoms with Crippen LogP contribution in [0.2, 0.25) is 0 Å². The summed E-state index contributed by atoms with van der Waals surface area (Å²) < 4.78 is 0. The van der Waals surface area contributed by atoms with Gasteiger partial charge in [-0.2, -0.15) is 0 Å². The number of nitrogens with zero attached hydrogens (tertiary/aromatic N) is 4. The first-order chi connectivity index (χ1) is 13.0. The summed E-state index contributed by atoms with van der Waals surface area (Å²) in [5.74, 6) is 0.394. The summed E-state index contributed by atoms with van der Waals surface area (Å²) in [6.45, 7) is 4.30. The van der Waals surface area contributed by atoms with Crippen LogP contribution in [0.3, 0.4) is 0 Å². The maximum atomic E-state index is 12.7. The molecule has 0 atom stereocenters. The number of likely N-dealkylation sites (N-methyl/N-ethyl adjacent to an activating group) is 1. The lowest BCUT2D eigenvalue weighted by Crippen LogP contribution is -2.38. The molecule has 0 radical (unpaired) electrons. The summed E-state index contributed by atoms with van der Waals surface area (Å²) in [5, 5.41) is 0. The van der Waals surface area contributed by atoms with Gasteiger partial charge in [0.05, 0.1) is 0 Å². The molecule has 1 saturated heterocycles. The highest BCUT2D eigenvalue weighted by molar-refractivity contribution is 5.96. The SMILES string of the molecule is CC1CCN(C(=O)c2cccc(C(=O)N(C)CCc3ccncc3)n2)CC1. The summed E-state index contributed by atoms with van der Waals surface area (Å²) >= 11 is 0. The molecule has 1 aliphatic rings. The first-order valence-electron chi connectivity index (χ1n) is 9.45. The molecular weight excluding hydrogens is 340 g/mol. The fraction of sp³-hybridized carbons (Fsp3) is 0.429. The van der Waals surface area contributed by atoms with E-state index in [0.717, 1.165) is 37.9 Å². The maximum absolute atomic E-state index is 12.7. The minimum Gasteiger partial charge on any atom is -0.340 e. The van der Waals surface area contributed by atoms with Crippen LogP contribution in [-0.2, 0) is 6.42 Å². The van der Waals surface area contributed by atoms with Crippen LogP contribution in [0.15, 0.2) is 42.7 Å². The van der Waals surface area contributed by atoms with Crippen molar-refractivity contribution >= 4 is 11.8 Å². The van der Waals surface area contributed by atoms with Crippen LogP contribution in [0.4, 0.5) is 0 Å². The fourth-order valence-electron chi connectivity index (χ4n) is 3.19. The Bertz CT molecular complexity index is 786. The van der Waals surface area contributed by atoms with Gasteiger partial charge in [-0.15, -0.1) is 0 Å². The van der Waals surface area contributed by atoms with Gasteiger partial charge in [0.1, 0.15) is 11.4 Å². The number of rotatable bonds is 5. The quantitative estimate of drug-likeness (QED) is 0.816. The molecular formula is C21H26N4O2. The average molecular weight is 366 g/mol. The van der Waals surface area contributed by atoms with E-state index in [9.17, 15) is 9.59 Å². The Kier molecular flexibility index (Phi) is 6.16. The van der Waals surface area contributed by atoms with E-state index in [1.54, 1.807) is 42.5 Å². The van der Waals surface area contributed by atoms with Crippen molar-refractivity contribution in [1.82, 2.24) is 19.8 Å². The highest BCUT2D eigenvalue weighted by Crippen LogP contribution is 2.18. The van der Waals surface area contributed by atoms with Gasteiger partial charge in [-0.25, -0.2) is 4.98 Å². The second-order valence-corrected chi connectivity index (χ2v) is 7.21. The number of carbonyl (C=O) groups is 2. The standard InChI is InChI=1S/C21H26N4O2/c1-16-8-14-25(15-9-16)21(27)19-5-3-4-18(23-19)20(26)24(2)13-10-17-6-11-22-12-7-17/h3-7,11-12,16H,8-10,13-15H2,1-2H3. The smallest absolute Gasteiger partial charge is 0.272 e. The van der Waals surface area contributed by atoms with Crippen LogP contribution in [-0.4, -0.2) is 58.3 Å². The van der Waals surface area contributed by atoms with Crippen LogP contribution in [0, 0.1) is 5.92 Å². The Morgan fingerprint density at radius 1 is 1.11 bits per heavy atom. The zero-order valence-corrected chi connectivity index (χ0v) is 16.0. The number of amides is 2. The van der Waals surface area contributed by atoms with E-state index >= 15 is 0 Å². The van der Waals surface area contributed by atoms with Crippen molar-refractivity contribution in [3.8, 4) is 0 Å². The van der Waals surface area contributed by atoms with Gasteiger partial charge in [-0.05, 0) is 55.0 Å². The number of hydrogen-bond donors (Lipinski definition) is 0. The average Bonchev–Trinajstić information content (AvgIpc) is 2.72. The van der Waals surface area contributed by atoms with Crippen molar-refractivity contribution in [2.75, 3.05) is 26.7 Å². The van der Waals surface area contributed by atoms with Gasteiger partial charge in [0, 0.05) is 39.1 Å². The van der Waals surface area contributed by atoms with Crippen molar-refractivity contribution in [3.05, 3.63) is 59.7 Å². The molecule has 0 aliphatic carbocycles. The number of hydrogen-bond acceptors (Lipinski definition) is 4. The number of aromatic nitrogens is 2. The Hall–Kier alpha value is -2.76. The second-order valence-electron chi connectivity index (χ2n) is 7.21. The highest BCUT2D eigenvalue weighted by Gasteiger charge is 2.23. The van der Waals surface area contributed by atoms with Gasteiger partial charge >= 0.3 is 0 Å². The monoisotopic (exact) mass is 366 g/mol. The van der Waals surface area contributed by atoms with E-state index in [-0.39, 0.29) is 11.8 Å². The van der Waals surface area contributed by atoms with Crippen LogP contribution in [0.1, 0.15) is 46.3 Å². The Labute approximate surface area is 160 Å². The van der Waals surface area contributed by atoms with Crippen molar-refractivity contribution in [1.29, 1.82) is 0 Å². The van der Waals surface area contributed by atoms with E-state index in [2.05, 4.69) is 16.9 Å². The van der Waals surface area contributed by atoms with E-state index in [1.807, 2.05) is 17.0 Å². The first-order valence-corrected chi connectivity index (χ1v) is 9.45. The molecule has 27 heavy (non-hydrogen) atoms. The van der Waals surface area contributed by atoms with Crippen molar-refractivity contribution in [3.63, 3.8) is 0 Å². The molecule has 0 spiro atoms. The van der Waals surface area contributed by atoms with Crippen LogP contribution >= 0.6 is 0 Å². The molecule has 6 nitrogen and oxygen atoms in total. The van der Waals surface area contributed by atoms with Crippen LogP contribution in [0.25, 0.3) is 0 Å². The lowest BCUT2D eigenvalue weighted by molar-refractivity contribution is 0.0690. The molecule has 3 heterocycles. The third kappa shape index (κ3) is 4.90. The minimum absolute atomic E-state index is 0.0870. The number of likely N-dealkylation sites (tertiary alicyclic amines) is 1. The second kappa shape index (κ2) is 8.75. The molecule has 2 amide bonds. The molecule has 0 bridgehead atoms. The summed E-state index contributed by atoms with van der Waals surface area (Å²) in [5.41, 5.74) is 1.78. The summed E-state index contributed by atoms with van der Waals surface area (Å²) in [6.07, 6.45) is 6.27. The highest BCUT2D eigenvalue weighted by atomic mass is 16.2. The molecule has 0 unspecified atom stereocenters. The molecule has 1 fully saturated rings. The van der Waals surface area contributed by atoms with Gasteiger partial charge in [-0.3, -0.25) is 14.6 Å². The van der Waals surface area contributed by atoms with Crippen molar-refractivity contribution in [2.45, 2.75) is 26.2 Å². The topological polar surface area (TPSA) is 66.4 Å². The molecule has 142 valence electrons.